The number of hydrogen-bond acceptors (Lipinski definition) is 1. The van der Waals surface area contributed by atoms with Crippen LogP contribution in [0.25, 0.3) is 11.0 Å². The van der Waals surface area contributed by atoms with Gasteiger partial charge in [-0.3, -0.25) is 0 Å². The fourth-order valence-corrected chi connectivity index (χ4v) is 3.67. The van der Waals surface area contributed by atoms with E-state index in [1.54, 1.807) is 0 Å². The Morgan fingerprint density at radius 2 is 2.05 bits per heavy atom. The van der Waals surface area contributed by atoms with Crippen molar-refractivity contribution in [2.75, 3.05) is 0 Å². The molecule has 5 heteroatoms. The van der Waals surface area contributed by atoms with E-state index in [1.807, 2.05) is 12.1 Å². The van der Waals surface area contributed by atoms with E-state index < -0.39 is 0 Å². The van der Waals surface area contributed by atoms with Crippen molar-refractivity contribution >= 4 is 46.5 Å². The van der Waals surface area contributed by atoms with Gasteiger partial charge < -0.3 is 9.55 Å². The van der Waals surface area contributed by atoms with Gasteiger partial charge in [0.15, 0.2) is 4.77 Å². The fourth-order valence-electron chi connectivity index (χ4n) is 3.06. The van der Waals surface area contributed by atoms with Crippen LogP contribution in [0, 0.1) is 16.6 Å². The number of fused-ring (bicyclic) bond motifs is 1. The van der Waals surface area contributed by atoms with Gasteiger partial charge in [-0.1, -0.05) is 43.0 Å². The van der Waals surface area contributed by atoms with Gasteiger partial charge in [-0.05, 0) is 42.6 Å². The summed E-state index contributed by atoms with van der Waals surface area (Å²) >= 11 is 17.6. The predicted molar refractivity (Wildman–Crippen MR) is 83.6 cm³/mol. The Balaban J connectivity index is 2.05. The summed E-state index contributed by atoms with van der Waals surface area (Å²) in [5.41, 5.74) is 2.02. The average Bonchev–Trinajstić information content (AvgIpc) is 2.88. The van der Waals surface area contributed by atoms with Crippen LogP contribution in [0.5, 0.6) is 0 Å². The van der Waals surface area contributed by atoms with Gasteiger partial charge in [0.05, 0.1) is 21.1 Å². The van der Waals surface area contributed by atoms with E-state index in [0.717, 1.165) is 28.3 Å². The number of imidazole rings is 1. The lowest BCUT2D eigenvalue weighted by molar-refractivity contribution is 0.366. The minimum atomic E-state index is 0.562. The number of benzene rings is 1. The normalized spacial score (nSPS) is 23.3. The number of H-pyrrole nitrogens is 1. The maximum atomic E-state index is 6.12. The molecule has 19 heavy (non-hydrogen) atoms. The molecule has 1 fully saturated rings. The van der Waals surface area contributed by atoms with Crippen LogP contribution in [0.3, 0.4) is 0 Å². The monoisotopic (exact) mass is 314 g/mol. The van der Waals surface area contributed by atoms with E-state index in [1.165, 1.54) is 19.3 Å². The molecule has 0 aliphatic heterocycles. The molecule has 0 bridgehead atoms. The number of rotatable bonds is 2. The smallest absolute Gasteiger partial charge is 0.178 e. The number of nitrogens with zero attached hydrogens (tertiary/aromatic N) is 1. The van der Waals surface area contributed by atoms with Gasteiger partial charge in [0.2, 0.25) is 0 Å². The highest BCUT2D eigenvalue weighted by atomic mass is 35.5. The lowest BCUT2D eigenvalue weighted by atomic mass is 9.98. The second-order valence-corrected chi connectivity index (χ2v) is 6.69. The van der Waals surface area contributed by atoms with Crippen LogP contribution in [0.1, 0.15) is 26.2 Å². The summed E-state index contributed by atoms with van der Waals surface area (Å²) in [6, 6.07) is 3.76. The molecule has 2 unspecified atom stereocenters. The molecule has 1 N–H and O–H groups in total. The van der Waals surface area contributed by atoms with Gasteiger partial charge in [0.1, 0.15) is 0 Å². The summed E-state index contributed by atoms with van der Waals surface area (Å²) in [6.45, 7) is 3.30. The molecule has 0 spiro atoms. The minimum Gasteiger partial charge on any atom is -0.331 e. The molecule has 1 aromatic heterocycles. The van der Waals surface area contributed by atoms with E-state index in [9.17, 15) is 0 Å². The minimum absolute atomic E-state index is 0.562. The summed E-state index contributed by atoms with van der Waals surface area (Å²) < 4.78 is 2.92. The van der Waals surface area contributed by atoms with Gasteiger partial charge in [0, 0.05) is 6.54 Å². The largest absolute Gasteiger partial charge is 0.331 e. The van der Waals surface area contributed by atoms with Crippen LogP contribution in [0.4, 0.5) is 0 Å². The second kappa shape index (κ2) is 5.12. The van der Waals surface area contributed by atoms with Crippen LogP contribution >= 0.6 is 35.4 Å². The number of nitrogens with one attached hydrogen (secondary N) is 1. The molecular weight excluding hydrogens is 299 g/mol. The highest BCUT2D eigenvalue weighted by Gasteiger charge is 2.24. The highest BCUT2D eigenvalue weighted by molar-refractivity contribution is 7.71. The lowest BCUT2D eigenvalue weighted by Gasteiger charge is -2.16. The lowest BCUT2D eigenvalue weighted by Crippen LogP contribution is -2.13. The van der Waals surface area contributed by atoms with Crippen molar-refractivity contribution in [3.05, 3.63) is 26.9 Å². The zero-order chi connectivity index (χ0) is 13.6. The first-order chi connectivity index (χ1) is 9.06. The SMILES string of the molecule is CC1CCCC1Cn1c(=S)[nH]c2cc(Cl)c(Cl)cc21. The molecule has 102 valence electrons. The first-order valence-electron chi connectivity index (χ1n) is 6.64. The van der Waals surface area contributed by atoms with E-state index in [4.69, 9.17) is 35.4 Å². The van der Waals surface area contributed by atoms with Gasteiger partial charge in [-0.25, -0.2) is 0 Å². The predicted octanol–water partition coefficient (Wildman–Crippen LogP) is 5.44. The molecule has 3 rings (SSSR count). The van der Waals surface area contributed by atoms with E-state index >= 15 is 0 Å². The Labute approximate surface area is 127 Å². The molecule has 1 saturated carbocycles. The van der Waals surface area contributed by atoms with Crippen molar-refractivity contribution in [1.29, 1.82) is 0 Å². The topological polar surface area (TPSA) is 20.7 Å². The molecule has 1 aromatic carbocycles. The Kier molecular flexibility index (Phi) is 3.63. The summed E-state index contributed by atoms with van der Waals surface area (Å²) in [7, 11) is 0. The van der Waals surface area contributed by atoms with Crippen molar-refractivity contribution in [3.8, 4) is 0 Å². The van der Waals surface area contributed by atoms with Crippen molar-refractivity contribution in [2.24, 2.45) is 11.8 Å². The molecule has 2 aromatic rings. The Hall–Kier alpha value is -0.510. The third-order valence-electron chi connectivity index (χ3n) is 4.27. The third-order valence-corrected chi connectivity index (χ3v) is 5.32. The summed E-state index contributed by atoms with van der Waals surface area (Å²) in [5, 5.41) is 1.14. The average molecular weight is 315 g/mol. The zero-order valence-corrected chi connectivity index (χ0v) is 13.1. The molecule has 0 radical (unpaired) electrons. The molecule has 1 heterocycles. The van der Waals surface area contributed by atoms with Crippen LogP contribution in [0.2, 0.25) is 10.0 Å². The third kappa shape index (κ3) is 2.44. The van der Waals surface area contributed by atoms with Gasteiger partial charge >= 0.3 is 0 Å². The quantitative estimate of drug-likeness (QED) is 0.732. The van der Waals surface area contributed by atoms with Crippen LogP contribution in [0.15, 0.2) is 12.1 Å². The van der Waals surface area contributed by atoms with E-state index in [-0.39, 0.29) is 0 Å². The molecular formula is C14H16Cl2N2S. The molecule has 1 aliphatic carbocycles. The van der Waals surface area contributed by atoms with Crippen LogP contribution in [-0.4, -0.2) is 9.55 Å². The first kappa shape index (κ1) is 13.5. The number of aromatic nitrogens is 2. The van der Waals surface area contributed by atoms with E-state index in [2.05, 4.69) is 16.5 Å². The van der Waals surface area contributed by atoms with Crippen LogP contribution in [-0.2, 0) is 6.54 Å². The maximum absolute atomic E-state index is 6.12. The summed E-state index contributed by atoms with van der Waals surface area (Å²) in [6.07, 6.45) is 3.94. The van der Waals surface area contributed by atoms with Crippen molar-refractivity contribution in [1.82, 2.24) is 9.55 Å². The fraction of sp³-hybridized carbons (Fsp3) is 0.500. The van der Waals surface area contributed by atoms with Crippen LogP contribution < -0.4 is 0 Å². The number of hydrogen-bond donors (Lipinski definition) is 1. The Morgan fingerprint density at radius 3 is 2.74 bits per heavy atom. The zero-order valence-electron chi connectivity index (χ0n) is 10.7. The highest BCUT2D eigenvalue weighted by Crippen LogP contribution is 2.34. The maximum Gasteiger partial charge on any atom is 0.178 e. The second-order valence-electron chi connectivity index (χ2n) is 5.49. The van der Waals surface area contributed by atoms with Gasteiger partial charge in [0.25, 0.3) is 0 Å². The summed E-state index contributed by atoms with van der Waals surface area (Å²) in [4.78, 5) is 3.22. The van der Waals surface area contributed by atoms with Gasteiger partial charge in [-0.2, -0.15) is 0 Å². The first-order valence-corrected chi connectivity index (χ1v) is 7.80. The Bertz CT molecular complexity index is 674. The van der Waals surface area contributed by atoms with Crippen molar-refractivity contribution in [3.63, 3.8) is 0 Å². The summed E-state index contributed by atoms with van der Waals surface area (Å²) in [5.74, 6) is 1.48. The molecule has 2 nitrogen and oxygen atoms in total. The van der Waals surface area contributed by atoms with E-state index in [0.29, 0.717) is 16.0 Å². The van der Waals surface area contributed by atoms with Gasteiger partial charge in [-0.15, -0.1) is 0 Å². The standard InChI is InChI=1S/C14H16Cl2N2S/c1-8-3-2-4-9(8)7-18-13-6-11(16)10(15)5-12(13)17-14(18)19/h5-6,8-9H,2-4,7H2,1H3,(H,17,19). The molecule has 2 atom stereocenters. The van der Waals surface area contributed by atoms with Crippen molar-refractivity contribution in [2.45, 2.75) is 32.7 Å². The number of aromatic amines is 1. The van der Waals surface area contributed by atoms with Crippen molar-refractivity contribution < 1.29 is 0 Å². The molecule has 0 saturated heterocycles. The Morgan fingerprint density at radius 1 is 1.32 bits per heavy atom. The molecule has 0 amide bonds. The molecule has 1 aliphatic rings. The number of halogens is 2.